The highest BCUT2D eigenvalue weighted by Gasteiger charge is 2.36. The molecule has 0 aliphatic heterocycles. The Labute approximate surface area is 207 Å². The van der Waals surface area contributed by atoms with Crippen molar-refractivity contribution in [2.75, 3.05) is 5.32 Å². The van der Waals surface area contributed by atoms with Gasteiger partial charge in [-0.1, -0.05) is 40.9 Å². The summed E-state index contributed by atoms with van der Waals surface area (Å²) in [6.07, 6.45) is -3.11. The smallest absolute Gasteiger partial charge is 0.303 e. The van der Waals surface area contributed by atoms with Gasteiger partial charge in [0.25, 0.3) is 5.91 Å². The van der Waals surface area contributed by atoms with E-state index in [0.717, 1.165) is 11.6 Å². The van der Waals surface area contributed by atoms with Crippen LogP contribution in [0.3, 0.4) is 0 Å². The lowest BCUT2D eigenvalue weighted by atomic mass is 10.2. The Morgan fingerprint density at radius 3 is 2.55 bits per heavy atom. The summed E-state index contributed by atoms with van der Waals surface area (Å²) < 4.78 is 42.7. The van der Waals surface area contributed by atoms with Gasteiger partial charge in [-0.3, -0.25) is 9.48 Å². The van der Waals surface area contributed by atoms with Gasteiger partial charge < -0.3 is 5.32 Å². The number of carbonyl (C=O) groups excluding carboxylic acids is 1. The monoisotopic (exact) mass is 580 g/mol. The summed E-state index contributed by atoms with van der Waals surface area (Å²) in [5.74, 6) is -0.731. The van der Waals surface area contributed by atoms with Crippen LogP contribution in [0.2, 0.25) is 15.1 Å². The number of fused-ring (bicyclic) bond motifs is 1. The Balaban J connectivity index is 1.62. The van der Waals surface area contributed by atoms with Crippen LogP contribution in [0.4, 0.5) is 19.0 Å². The summed E-state index contributed by atoms with van der Waals surface area (Å²) >= 11 is 21.4. The maximum absolute atomic E-state index is 13.4. The van der Waals surface area contributed by atoms with Crippen LogP contribution in [0.25, 0.3) is 5.65 Å². The standard InChI is InChI=1S/C19H11BrCl3F3N6O/c1-8-4-13(19(24,25)26)32-17(27-8)14(23)15(29-32)18(33)28-16-10(20)7-31(30-16)6-9-2-3-11(21)12(22)5-9/h2-5,7H,6H2,1H3,(H,28,30,33). The molecule has 4 aromatic rings. The Hall–Kier alpha value is -2.34. The molecule has 7 nitrogen and oxygen atoms in total. The molecule has 4 rings (SSSR count). The summed E-state index contributed by atoms with van der Waals surface area (Å²) in [6, 6.07) is 5.92. The third kappa shape index (κ3) is 4.81. The molecule has 0 bridgehead atoms. The zero-order valence-corrected chi connectivity index (χ0v) is 20.2. The quantitative estimate of drug-likeness (QED) is 0.308. The van der Waals surface area contributed by atoms with E-state index in [9.17, 15) is 18.0 Å². The summed E-state index contributed by atoms with van der Waals surface area (Å²) in [5.41, 5.74) is -0.920. The van der Waals surface area contributed by atoms with Crippen molar-refractivity contribution in [2.24, 2.45) is 0 Å². The van der Waals surface area contributed by atoms with Crippen molar-refractivity contribution in [2.45, 2.75) is 19.6 Å². The molecule has 0 aliphatic carbocycles. The number of amides is 1. The van der Waals surface area contributed by atoms with Crippen molar-refractivity contribution in [3.63, 3.8) is 0 Å². The second-order valence-electron chi connectivity index (χ2n) is 6.90. The molecule has 33 heavy (non-hydrogen) atoms. The Bertz CT molecular complexity index is 1400. The Morgan fingerprint density at radius 2 is 1.88 bits per heavy atom. The van der Waals surface area contributed by atoms with Gasteiger partial charge in [-0.15, -0.1) is 0 Å². The lowest BCUT2D eigenvalue weighted by molar-refractivity contribution is -0.142. The van der Waals surface area contributed by atoms with E-state index in [1.165, 1.54) is 11.6 Å². The second kappa shape index (κ2) is 8.79. The number of halogens is 7. The van der Waals surface area contributed by atoms with Crippen LogP contribution in [0.1, 0.15) is 27.4 Å². The zero-order valence-electron chi connectivity index (χ0n) is 16.4. The fourth-order valence-corrected chi connectivity index (χ4v) is 4.00. The molecule has 0 saturated carbocycles. The number of alkyl halides is 3. The van der Waals surface area contributed by atoms with E-state index < -0.39 is 23.5 Å². The van der Waals surface area contributed by atoms with E-state index in [1.807, 2.05) is 0 Å². The molecule has 0 atom stereocenters. The predicted octanol–water partition coefficient (Wildman–Crippen LogP) is 6.28. The Morgan fingerprint density at radius 1 is 1.15 bits per heavy atom. The van der Waals surface area contributed by atoms with Gasteiger partial charge in [-0.2, -0.15) is 23.4 Å². The van der Waals surface area contributed by atoms with Crippen molar-refractivity contribution in [1.82, 2.24) is 24.4 Å². The fraction of sp³-hybridized carbons (Fsp3) is 0.158. The lowest BCUT2D eigenvalue weighted by Crippen LogP contribution is -2.16. The number of benzene rings is 1. The highest BCUT2D eigenvalue weighted by Crippen LogP contribution is 2.33. The fourth-order valence-electron chi connectivity index (χ4n) is 3.01. The molecular formula is C19H11BrCl3F3N6O. The van der Waals surface area contributed by atoms with E-state index in [0.29, 0.717) is 25.6 Å². The third-order valence-corrected chi connectivity index (χ3v) is 6.11. The Kier molecular flexibility index (Phi) is 6.34. The maximum atomic E-state index is 13.4. The summed E-state index contributed by atoms with van der Waals surface area (Å²) in [6.45, 7) is 1.70. The van der Waals surface area contributed by atoms with Gasteiger partial charge in [0, 0.05) is 11.9 Å². The van der Waals surface area contributed by atoms with Gasteiger partial charge >= 0.3 is 6.18 Å². The van der Waals surface area contributed by atoms with Gasteiger partial charge in [0.15, 0.2) is 17.2 Å². The van der Waals surface area contributed by atoms with Crippen LogP contribution in [-0.4, -0.2) is 30.3 Å². The number of hydrogen-bond donors (Lipinski definition) is 1. The molecule has 1 N–H and O–H groups in total. The van der Waals surface area contributed by atoms with Gasteiger partial charge in [-0.05, 0) is 46.6 Å². The number of nitrogens with one attached hydrogen (secondary N) is 1. The molecule has 0 saturated heterocycles. The maximum Gasteiger partial charge on any atom is 0.433 e. The molecule has 3 heterocycles. The first-order chi connectivity index (χ1) is 15.4. The van der Waals surface area contributed by atoms with E-state index in [4.69, 9.17) is 34.8 Å². The highest BCUT2D eigenvalue weighted by atomic mass is 79.9. The van der Waals surface area contributed by atoms with Crippen LogP contribution in [0.15, 0.2) is 34.9 Å². The van der Waals surface area contributed by atoms with Crippen LogP contribution >= 0.6 is 50.7 Å². The zero-order chi connectivity index (χ0) is 24.1. The van der Waals surface area contributed by atoms with Crippen molar-refractivity contribution in [3.05, 3.63) is 72.6 Å². The van der Waals surface area contributed by atoms with Crippen molar-refractivity contribution in [1.29, 1.82) is 0 Å². The minimum atomic E-state index is -4.72. The normalized spacial score (nSPS) is 11.9. The number of aryl methyl sites for hydroxylation is 1. The van der Waals surface area contributed by atoms with Gasteiger partial charge in [-0.25, -0.2) is 9.50 Å². The van der Waals surface area contributed by atoms with Crippen molar-refractivity contribution >= 4 is 68.1 Å². The number of hydrogen-bond acceptors (Lipinski definition) is 4. The van der Waals surface area contributed by atoms with E-state index in [-0.39, 0.29) is 22.2 Å². The van der Waals surface area contributed by atoms with E-state index >= 15 is 0 Å². The van der Waals surface area contributed by atoms with E-state index in [1.54, 1.807) is 24.4 Å². The number of rotatable bonds is 4. The molecule has 3 aromatic heterocycles. The first-order valence-corrected chi connectivity index (χ1v) is 11.0. The molecule has 1 aromatic carbocycles. The molecule has 0 radical (unpaired) electrons. The third-order valence-electron chi connectivity index (χ3n) is 4.44. The topological polar surface area (TPSA) is 77.1 Å². The van der Waals surface area contributed by atoms with Gasteiger partial charge in [0.05, 0.1) is 21.1 Å². The van der Waals surface area contributed by atoms with Crippen molar-refractivity contribution in [3.8, 4) is 0 Å². The molecule has 1 amide bonds. The predicted molar refractivity (Wildman–Crippen MR) is 121 cm³/mol. The summed E-state index contributed by atoms with van der Waals surface area (Å²) in [4.78, 5) is 16.8. The van der Waals surface area contributed by atoms with Crippen LogP contribution in [-0.2, 0) is 12.7 Å². The van der Waals surface area contributed by atoms with Gasteiger partial charge in [0.1, 0.15) is 10.7 Å². The first-order valence-electron chi connectivity index (χ1n) is 9.05. The molecule has 14 heteroatoms. The number of anilines is 1. The molecule has 172 valence electrons. The van der Waals surface area contributed by atoms with Crippen molar-refractivity contribution < 1.29 is 18.0 Å². The first kappa shape index (κ1) is 23.8. The molecule has 0 aliphatic rings. The molecule has 0 unspecified atom stereocenters. The molecule has 0 fully saturated rings. The lowest BCUT2D eigenvalue weighted by Gasteiger charge is -2.09. The minimum absolute atomic E-state index is 0.0763. The van der Waals surface area contributed by atoms with Crippen LogP contribution < -0.4 is 5.32 Å². The molecular weight excluding hydrogens is 572 g/mol. The van der Waals surface area contributed by atoms with Crippen LogP contribution in [0, 0.1) is 6.92 Å². The average molecular weight is 583 g/mol. The summed E-state index contributed by atoms with van der Waals surface area (Å²) in [7, 11) is 0. The average Bonchev–Trinajstić information content (AvgIpc) is 3.23. The summed E-state index contributed by atoms with van der Waals surface area (Å²) in [5, 5.41) is 11.0. The largest absolute Gasteiger partial charge is 0.433 e. The van der Waals surface area contributed by atoms with Gasteiger partial charge in [0.2, 0.25) is 0 Å². The van der Waals surface area contributed by atoms with E-state index in [2.05, 4.69) is 36.4 Å². The second-order valence-corrected chi connectivity index (χ2v) is 8.95. The number of aromatic nitrogens is 5. The SMILES string of the molecule is Cc1cc(C(F)(F)F)n2nc(C(=O)Nc3nn(Cc4ccc(Cl)c(Cl)c4)cc3Br)c(Cl)c2n1. The minimum Gasteiger partial charge on any atom is -0.303 e. The molecule has 0 spiro atoms. The number of carbonyl (C=O) groups is 1. The number of nitrogens with zero attached hydrogens (tertiary/aromatic N) is 5. The highest BCUT2D eigenvalue weighted by molar-refractivity contribution is 9.10. The van der Waals surface area contributed by atoms with Crippen LogP contribution in [0.5, 0.6) is 0 Å².